The van der Waals surface area contributed by atoms with Crippen LogP contribution in [0.4, 0.5) is 11.4 Å². The molecular weight excluding hydrogens is 357 g/mol. The van der Waals surface area contributed by atoms with E-state index in [9.17, 15) is 0 Å². The molecule has 0 aliphatic carbocycles. The van der Waals surface area contributed by atoms with E-state index in [1.54, 1.807) is 0 Å². The summed E-state index contributed by atoms with van der Waals surface area (Å²) in [5.41, 5.74) is 4.85. The average molecular weight is 381 g/mol. The Labute approximate surface area is 168 Å². The van der Waals surface area contributed by atoms with Gasteiger partial charge in [0.2, 0.25) is 0 Å². The number of nitrogens with one attached hydrogen (secondary N) is 1. The van der Waals surface area contributed by atoms with Gasteiger partial charge in [0, 0.05) is 16.7 Å². The second-order valence-corrected chi connectivity index (χ2v) is 9.15. The fraction of sp³-hybridized carbons (Fsp3) is 0.0769. The fourth-order valence-corrected chi connectivity index (χ4v) is 5.76. The van der Waals surface area contributed by atoms with Crippen LogP contribution in [0.1, 0.15) is 11.1 Å². The SMILES string of the molecule is Cc1ccc(P(c2ccccc2)c2ccccc2)c(Nc2ccccc2C)c1. The minimum absolute atomic E-state index is 0.647. The Morgan fingerprint density at radius 1 is 0.571 bits per heavy atom. The molecule has 0 amide bonds. The third kappa shape index (κ3) is 4.01. The largest absolute Gasteiger partial charge is 0.355 e. The first-order chi connectivity index (χ1) is 13.7. The lowest BCUT2D eigenvalue weighted by atomic mass is 10.1. The van der Waals surface area contributed by atoms with Crippen LogP contribution in [0, 0.1) is 13.8 Å². The predicted octanol–water partition coefficient (Wildman–Crippen LogP) is 5.81. The van der Waals surface area contributed by atoms with Crippen LogP contribution in [0.3, 0.4) is 0 Å². The van der Waals surface area contributed by atoms with Gasteiger partial charge in [-0.1, -0.05) is 91.0 Å². The lowest BCUT2D eigenvalue weighted by Gasteiger charge is -2.23. The number of aryl methyl sites for hydroxylation is 2. The third-order valence-corrected chi connectivity index (χ3v) is 7.34. The van der Waals surface area contributed by atoms with E-state index in [0.717, 1.165) is 5.69 Å². The molecule has 28 heavy (non-hydrogen) atoms. The molecule has 0 bridgehead atoms. The minimum Gasteiger partial charge on any atom is -0.355 e. The van der Waals surface area contributed by atoms with E-state index in [2.05, 4.69) is 122 Å². The van der Waals surface area contributed by atoms with Crippen LogP contribution in [0.5, 0.6) is 0 Å². The Balaban J connectivity index is 1.86. The molecule has 4 aromatic carbocycles. The van der Waals surface area contributed by atoms with Gasteiger partial charge in [0.25, 0.3) is 0 Å². The van der Waals surface area contributed by atoms with Crippen molar-refractivity contribution in [2.24, 2.45) is 0 Å². The molecule has 0 fully saturated rings. The van der Waals surface area contributed by atoms with E-state index in [1.807, 2.05) is 0 Å². The zero-order valence-corrected chi connectivity index (χ0v) is 17.2. The van der Waals surface area contributed by atoms with Crippen molar-refractivity contribution in [3.63, 3.8) is 0 Å². The van der Waals surface area contributed by atoms with Crippen LogP contribution < -0.4 is 21.2 Å². The highest BCUT2D eigenvalue weighted by Gasteiger charge is 2.19. The van der Waals surface area contributed by atoms with E-state index in [1.165, 1.54) is 32.7 Å². The van der Waals surface area contributed by atoms with Gasteiger partial charge in [-0.05, 0) is 55.6 Å². The number of para-hydroxylation sites is 1. The quantitative estimate of drug-likeness (QED) is 0.431. The lowest BCUT2D eigenvalue weighted by molar-refractivity contribution is 1.42. The maximum Gasteiger partial charge on any atom is 0.0471 e. The Morgan fingerprint density at radius 3 is 1.75 bits per heavy atom. The molecule has 0 aromatic heterocycles. The van der Waals surface area contributed by atoms with Crippen molar-refractivity contribution < 1.29 is 0 Å². The summed E-state index contributed by atoms with van der Waals surface area (Å²) < 4.78 is 0. The fourth-order valence-electron chi connectivity index (χ4n) is 3.38. The number of anilines is 2. The number of rotatable bonds is 5. The number of hydrogen-bond acceptors (Lipinski definition) is 1. The molecule has 1 nitrogen and oxygen atoms in total. The van der Waals surface area contributed by atoms with Crippen molar-refractivity contribution in [2.75, 3.05) is 5.32 Å². The zero-order chi connectivity index (χ0) is 19.3. The van der Waals surface area contributed by atoms with Crippen molar-refractivity contribution in [2.45, 2.75) is 13.8 Å². The summed E-state index contributed by atoms with van der Waals surface area (Å²) in [6.45, 7) is 4.30. The van der Waals surface area contributed by atoms with Gasteiger partial charge in [0.1, 0.15) is 0 Å². The summed E-state index contributed by atoms with van der Waals surface area (Å²) in [7, 11) is -0.647. The van der Waals surface area contributed by atoms with Crippen LogP contribution in [0.2, 0.25) is 0 Å². The van der Waals surface area contributed by atoms with Crippen molar-refractivity contribution in [3.05, 3.63) is 114 Å². The van der Waals surface area contributed by atoms with E-state index >= 15 is 0 Å². The van der Waals surface area contributed by atoms with E-state index in [0.29, 0.717) is 0 Å². The summed E-state index contributed by atoms with van der Waals surface area (Å²) in [6.07, 6.45) is 0. The van der Waals surface area contributed by atoms with Gasteiger partial charge in [-0.3, -0.25) is 0 Å². The Kier molecular flexibility index (Phi) is 5.55. The highest BCUT2D eigenvalue weighted by molar-refractivity contribution is 7.80. The molecule has 0 radical (unpaired) electrons. The topological polar surface area (TPSA) is 12.0 Å². The van der Waals surface area contributed by atoms with E-state index < -0.39 is 7.92 Å². The van der Waals surface area contributed by atoms with Crippen molar-refractivity contribution in [3.8, 4) is 0 Å². The van der Waals surface area contributed by atoms with Crippen LogP contribution in [0.15, 0.2) is 103 Å². The molecule has 0 unspecified atom stereocenters. The molecule has 138 valence electrons. The van der Waals surface area contributed by atoms with Gasteiger partial charge in [0.15, 0.2) is 0 Å². The van der Waals surface area contributed by atoms with E-state index in [4.69, 9.17) is 0 Å². The molecule has 4 rings (SSSR count). The summed E-state index contributed by atoms with van der Waals surface area (Å²) in [5.74, 6) is 0. The van der Waals surface area contributed by atoms with Crippen LogP contribution in [-0.2, 0) is 0 Å². The first-order valence-electron chi connectivity index (χ1n) is 9.56. The van der Waals surface area contributed by atoms with Gasteiger partial charge < -0.3 is 5.32 Å². The molecule has 0 aliphatic heterocycles. The normalized spacial score (nSPS) is 10.8. The molecule has 2 heteroatoms. The maximum atomic E-state index is 3.72. The second-order valence-electron chi connectivity index (χ2n) is 6.97. The molecular formula is C26H24NP. The van der Waals surface area contributed by atoms with Crippen molar-refractivity contribution in [1.82, 2.24) is 0 Å². The third-order valence-electron chi connectivity index (χ3n) is 4.84. The second kappa shape index (κ2) is 8.42. The van der Waals surface area contributed by atoms with Crippen molar-refractivity contribution in [1.29, 1.82) is 0 Å². The number of benzene rings is 4. The molecule has 0 aliphatic rings. The zero-order valence-electron chi connectivity index (χ0n) is 16.3. The Morgan fingerprint density at radius 2 is 1.14 bits per heavy atom. The minimum atomic E-state index is -0.647. The molecule has 0 atom stereocenters. The molecule has 0 spiro atoms. The van der Waals surface area contributed by atoms with Crippen LogP contribution in [-0.4, -0.2) is 0 Å². The molecule has 0 saturated carbocycles. The average Bonchev–Trinajstić information content (AvgIpc) is 2.73. The smallest absolute Gasteiger partial charge is 0.0471 e. The number of hydrogen-bond donors (Lipinski definition) is 1. The monoisotopic (exact) mass is 381 g/mol. The van der Waals surface area contributed by atoms with Gasteiger partial charge in [-0.15, -0.1) is 0 Å². The molecule has 0 heterocycles. The van der Waals surface area contributed by atoms with E-state index in [-0.39, 0.29) is 0 Å². The van der Waals surface area contributed by atoms with Crippen LogP contribution in [0.25, 0.3) is 0 Å². The highest BCUT2D eigenvalue weighted by Crippen LogP contribution is 2.37. The summed E-state index contributed by atoms with van der Waals surface area (Å²) in [6, 6.07) is 36.9. The maximum absolute atomic E-state index is 3.72. The first-order valence-corrected chi connectivity index (χ1v) is 10.9. The van der Waals surface area contributed by atoms with Gasteiger partial charge >= 0.3 is 0 Å². The summed E-state index contributed by atoms with van der Waals surface area (Å²) in [4.78, 5) is 0. The summed E-state index contributed by atoms with van der Waals surface area (Å²) in [5, 5.41) is 7.79. The first kappa shape index (κ1) is 18.5. The van der Waals surface area contributed by atoms with Crippen molar-refractivity contribution >= 4 is 35.2 Å². The van der Waals surface area contributed by atoms with Crippen LogP contribution >= 0.6 is 7.92 Å². The molecule has 1 N–H and O–H groups in total. The van der Waals surface area contributed by atoms with Gasteiger partial charge in [-0.2, -0.15) is 0 Å². The van der Waals surface area contributed by atoms with Gasteiger partial charge in [0.05, 0.1) is 0 Å². The standard InChI is InChI=1S/C26H24NP/c1-20-17-18-26(25(19-20)27-24-16-10-9-11-21(24)2)28(22-12-5-3-6-13-22)23-14-7-4-8-15-23/h3-19,27H,1-2H3. The highest BCUT2D eigenvalue weighted by atomic mass is 31.1. The molecule has 4 aromatic rings. The van der Waals surface area contributed by atoms with Gasteiger partial charge in [-0.25, -0.2) is 0 Å². The Hall–Kier alpha value is -2.89. The lowest BCUT2D eigenvalue weighted by Crippen LogP contribution is -2.22. The summed E-state index contributed by atoms with van der Waals surface area (Å²) >= 11 is 0. The predicted molar refractivity (Wildman–Crippen MR) is 124 cm³/mol. The Bertz CT molecular complexity index is 1020. The molecule has 0 saturated heterocycles.